The predicted octanol–water partition coefficient (Wildman–Crippen LogP) is 2.28. The van der Waals surface area contributed by atoms with E-state index in [0.717, 1.165) is 4.88 Å². The van der Waals surface area contributed by atoms with Crippen molar-refractivity contribution >= 4 is 33.0 Å². The molecule has 3 aromatic rings. The third-order valence-corrected chi connectivity index (χ3v) is 5.67. The van der Waals surface area contributed by atoms with E-state index in [1.54, 1.807) is 0 Å². The molecule has 2 N–H and O–H groups in total. The van der Waals surface area contributed by atoms with Gasteiger partial charge in [-0.15, -0.1) is 11.3 Å². The summed E-state index contributed by atoms with van der Waals surface area (Å²) in [4.78, 5) is 16.2. The van der Waals surface area contributed by atoms with Crippen molar-refractivity contribution in [3.05, 3.63) is 47.7 Å². The number of sulfonamides is 1. The van der Waals surface area contributed by atoms with Crippen LogP contribution in [0, 0.1) is 0 Å². The van der Waals surface area contributed by atoms with E-state index < -0.39 is 10.0 Å². The first kappa shape index (κ1) is 18.2. The van der Waals surface area contributed by atoms with E-state index >= 15 is 0 Å². The number of aromatic nitrogens is 2. The van der Waals surface area contributed by atoms with Gasteiger partial charge < -0.3 is 9.84 Å². The van der Waals surface area contributed by atoms with Crippen LogP contribution in [0.2, 0.25) is 0 Å². The molecule has 3 rings (SSSR count). The summed E-state index contributed by atoms with van der Waals surface area (Å²) in [7, 11) is -3.66. The summed E-state index contributed by atoms with van der Waals surface area (Å²) in [6.45, 7) is 1.51. The van der Waals surface area contributed by atoms with E-state index in [2.05, 4.69) is 20.2 Å². The number of thiophene rings is 1. The van der Waals surface area contributed by atoms with Crippen molar-refractivity contribution in [1.82, 2.24) is 14.9 Å². The smallest absolute Gasteiger partial charge is 0.240 e. The van der Waals surface area contributed by atoms with Gasteiger partial charge in [0.15, 0.2) is 0 Å². The number of benzene rings is 1. The maximum absolute atomic E-state index is 12.3. The highest BCUT2D eigenvalue weighted by Gasteiger charge is 2.15. The number of hydrogen-bond donors (Lipinski definition) is 2. The standard InChI is InChI=1S/C16H16N4O4S2/c1-11(21)18-12-4-6-13(7-5-12)26(22,23)17-9-8-15-19-16(20-24-15)14-3-2-10-25-14/h2-7,10,17H,8-9H2,1H3,(H,18,21). The fraction of sp³-hybridized carbons (Fsp3) is 0.188. The molecule has 0 fully saturated rings. The molecule has 2 aromatic heterocycles. The zero-order valence-electron chi connectivity index (χ0n) is 13.8. The number of amides is 1. The Morgan fingerprint density at radius 3 is 2.65 bits per heavy atom. The third kappa shape index (κ3) is 4.54. The van der Waals surface area contributed by atoms with Crippen LogP contribution >= 0.6 is 11.3 Å². The average Bonchev–Trinajstić information content (AvgIpc) is 3.26. The van der Waals surface area contributed by atoms with Gasteiger partial charge in [0.1, 0.15) is 0 Å². The number of nitrogens with one attached hydrogen (secondary N) is 2. The van der Waals surface area contributed by atoms with E-state index in [0.29, 0.717) is 17.4 Å². The second kappa shape index (κ2) is 7.77. The minimum absolute atomic E-state index is 0.108. The Morgan fingerprint density at radius 2 is 2.00 bits per heavy atom. The maximum atomic E-state index is 12.3. The molecule has 0 radical (unpaired) electrons. The van der Waals surface area contributed by atoms with Crippen molar-refractivity contribution < 1.29 is 17.7 Å². The molecule has 0 aliphatic heterocycles. The molecule has 136 valence electrons. The van der Waals surface area contributed by atoms with Crippen LogP contribution < -0.4 is 10.0 Å². The van der Waals surface area contributed by atoms with Gasteiger partial charge >= 0.3 is 0 Å². The first-order valence-electron chi connectivity index (χ1n) is 7.68. The number of rotatable bonds is 7. The molecule has 2 heterocycles. The monoisotopic (exact) mass is 392 g/mol. The van der Waals surface area contributed by atoms with Gasteiger partial charge in [-0.3, -0.25) is 4.79 Å². The quantitative estimate of drug-likeness (QED) is 0.637. The second-order valence-corrected chi connectivity index (χ2v) is 8.06. The number of nitrogens with zero attached hydrogens (tertiary/aromatic N) is 2. The molecule has 0 aliphatic rings. The van der Waals surface area contributed by atoms with Crippen molar-refractivity contribution in [2.24, 2.45) is 0 Å². The van der Waals surface area contributed by atoms with Crippen LogP contribution in [0.3, 0.4) is 0 Å². The number of carbonyl (C=O) groups excluding carboxylic acids is 1. The summed E-state index contributed by atoms with van der Waals surface area (Å²) >= 11 is 1.50. The number of anilines is 1. The predicted molar refractivity (Wildman–Crippen MR) is 97.2 cm³/mol. The SMILES string of the molecule is CC(=O)Nc1ccc(S(=O)(=O)NCCc2nc(-c3cccs3)no2)cc1. The lowest BCUT2D eigenvalue weighted by Gasteiger charge is -2.07. The van der Waals surface area contributed by atoms with Gasteiger partial charge in [-0.2, -0.15) is 4.98 Å². The summed E-state index contributed by atoms with van der Waals surface area (Å²) in [5, 5.41) is 8.37. The lowest BCUT2D eigenvalue weighted by atomic mass is 10.3. The molecule has 0 aliphatic carbocycles. The topological polar surface area (TPSA) is 114 Å². The van der Waals surface area contributed by atoms with Crippen LogP contribution in [-0.2, 0) is 21.2 Å². The highest BCUT2D eigenvalue weighted by atomic mass is 32.2. The molecule has 0 bridgehead atoms. The summed E-state index contributed by atoms with van der Waals surface area (Å²) in [5.74, 6) is 0.628. The van der Waals surface area contributed by atoms with Gasteiger partial charge in [-0.1, -0.05) is 11.2 Å². The van der Waals surface area contributed by atoms with Crippen LogP contribution in [0.25, 0.3) is 10.7 Å². The fourth-order valence-corrected chi connectivity index (χ4v) is 3.84. The Balaban J connectivity index is 1.57. The van der Waals surface area contributed by atoms with Gasteiger partial charge in [0.05, 0.1) is 9.77 Å². The Morgan fingerprint density at radius 1 is 1.23 bits per heavy atom. The molecule has 1 amide bonds. The average molecular weight is 392 g/mol. The molecule has 0 saturated heterocycles. The minimum Gasteiger partial charge on any atom is -0.339 e. The minimum atomic E-state index is -3.66. The van der Waals surface area contributed by atoms with Gasteiger partial charge in [-0.05, 0) is 35.7 Å². The summed E-state index contributed by atoms with van der Waals surface area (Å²) in [6, 6.07) is 9.68. The van der Waals surface area contributed by atoms with Crippen molar-refractivity contribution in [3.8, 4) is 10.7 Å². The van der Waals surface area contributed by atoms with Crippen molar-refractivity contribution in [2.45, 2.75) is 18.2 Å². The van der Waals surface area contributed by atoms with Crippen LogP contribution in [0.5, 0.6) is 0 Å². The van der Waals surface area contributed by atoms with Crippen LogP contribution in [-0.4, -0.2) is 31.0 Å². The lowest BCUT2D eigenvalue weighted by Crippen LogP contribution is -2.26. The lowest BCUT2D eigenvalue weighted by molar-refractivity contribution is -0.114. The normalized spacial score (nSPS) is 11.4. The van der Waals surface area contributed by atoms with Gasteiger partial charge in [0.25, 0.3) is 0 Å². The van der Waals surface area contributed by atoms with E-state index in [9.17, 15) is 13.2 Å². The Kier molecular flexibility index (Phi) is 5.45. The van der Waals surface area contributed by atoms with Crippen molar-refractivity contribution in [3.63, 3.8) is 0 Å². The Bertz CT molecular complexity index is 980. The highest BCUT2D eigenvalue weighted by molar-refractivity contribution is 7.89. The van der Waals surface area contributed by atoms with E-state index in [1.165, 1.54) is 42.5 Å². The van der Waals surface area contributed by atoms with E-state index in [1.807, 2.05) is 17.5 Å². The number of carbonyl (C=O) groups is 1. The van der Waals surface area contributed by atoms with Crippen molar-refractivity contribution in [2.75, 3.05) is 11.9 Å². The molecule has 26 heavy (non-hydrogen) atoms. The van der Waals surface area contributed by atoms with E-state index in [4.69, 9.17) is 4.52 Å². The van der Waals surface area contributed by atoms with Crippen molar-refractivity contribution in [1.29, 1.82) is 0 Å². The summed E-state index contributed by atoms with van der Waals surface area (Å²) < 4.78 is 32.2. The molecule has 10 heteroatoms. The first-order valence-corrected chi connectivity index (χ1v) is 10.0. The van der Waals surface area contributed by atoms with Gasteiger partial charge in [0, 0.05) is 25.6 Å². The molecule has 0 unspecified atom stereocenters. The summed E-state index contributed by atoms with van der Waals surface area (Å²) in [6.07, 6.45) is 0.279. The molecule has 0 atom stereocenters. The van der Waals surface area contributed by atoms with Crippen LogP contribution in [0.1, 0.15) is 12.8 Å². The summed E-state index contributed by atoms with van der Waals surface area (Å²) in [5.41, 5.74) is 0.531. The Labute approximate surface area is 154 Å². The second-order valence-electron chi connectivity index (χ2n) is 5.34. The molecule has 0 saturated carbocycles. The largest absolute Gasteiger partial charge is 0.339 e. The Hall–Kier alpha value is -2.56. The molecule has 0 spiro atoms. The molecular weight excluding hydrogens is 376 g/mol. The molecule has 8 nitrogen and oxygen atoms in total. The third-order valence-electron chi connectivity index (χ3n) is 3.33. The molecule has 1 aromatic carbocycles. The molecular formula is C16H16N4O4S2. The fourth-order valence-electron chi connectivity index (χ4n) is 2.16. The zero-order chi connectivity index (χ0) is 18.6. The number of hydrogen-bond acceptors (Lipinski definition) is 7. The van der Waals surface area contributed by atoms with Gasteiger partial charge in [0.2, 0.25) is 27.6 Å². The van der Waals surface area contributed by atoms with Gasteiger partial charge in [-0.25, -0.2) is 13.1 Å². The first-order chi connectivity index (χ1) is 12.4. The maximum Gasteiger partial charge on any atom is 0.240 e. The van der Waals surface area contributed by atoms with Crippen LogP contribution in [0.4, 0.5) is 5.69 Å². The highest BCUT2D eigenvalue weighted by Crippen LogP contribution is 2.21. The van der Waals surface area contributed by atoms with E-state index in [-0.39, 0.29) is 23.8 Å². The zero-order valence-corrected chi connectivity index (χ0v) is 15.4. The van der Waals surface area contributed by atoms with Crippen LogP contribution in [0.15, 0.2) is 51.2 Å².